The van der Waals surface area contributed by atoms with Crippen molar-refractivity contribution in [3.05, 3.63) is 116 Å². The highest BCUT2D eigenvalue weighted by atomic mass is 35.5. The number of amides is 1. The zero-order valence-electron chi connectivity index (χ0n) is 26.3. The normalized spacial score (nSPS) is 14.1. The van der Waals surface area contributed by atoms with Crippen molar-refractivity contribution >= 4 is 47.3 Å². The van der Waals surface area contributed by atoms with E-state index in [1.807, 2.05) is 48.5 Å². The number of aldehydes is 1. The zero-order valence-corrected chi connectivity index (χ0v) is 27.8. The second-order valence-corrected chi connectivity index (χ2v) is 12.3. The van der Waals surface area contributed by atoms with Crippen LogP contribution in [0.25, 0.3) is 11.1 Å². The molecule has 8 nitrogen and oxygen atoms in total. The van der Waals surface area contributed by atoms with Gasteiger partial charge in [0.2, 0.25) is 5.91 Å². The van der Waals surface area contributed by atoms with E-state index in [2.05, 4.69) is 45.5 Å². The summed E-state index contributed by atoms with van der Waals surface area (Å²) in [4.78, 5) is 22.1. The predicted octanol–water partition coefficient (Wildman–Crippen LogP) is 6.53. The number of carbonyl (C=O) groups is 2. The second-order valence-electron chi connectivity index (χ2n) is 11.5. The topological polar surface area (TPSA) is 115 Å². The molecule has 0 radical (unpaired) electrons. The number of halogens is 2. The third-order valence-electron chi connectivity index (χ3n) is 8.33. The quantitative estimate of drug-likeness (QED) is 0.0526. The van der Waals surface area contributed by atoms with Gasteiger partial charge in [0.1, 0.15) is 12.0 Å². The average molecular weight is 673 g/mol. The fraction of sp³-hybridized carbons (Fsp3) is 0.270. The average Bonchev–Trinajstić information content (AvgIpc) is 3.50. The molecule has 1 atom stereocenters. The molecule has 4 aromatic carbocycles. The van der Waals surface area contributed by atoms with Gasteiger partial charge in [0, 0.05) is 72.3 Å². The Hall–Kier alpha value is -4.21. The Bertz CT molecular complexity index is 1730. The van der Waals surface area contributed by atoms with Crippen LogP contribution in [0.3, 0.4) is 0 Å². The molecule has 4 aromatic rings. The highest BCUT2D eigenvalue weighted by molar-refractivity contribution is 6.34. The second kappa shape index (κ2) is 16.6. The summed E-state index contributed by atoms with van der Waals surface area (Å²) in [5.74, 6) is 0.813. The number of hydrogen-bond acceptors (Lipinski definition) is 7. The molecule has 1 heterocycles. The summed E-state index contributed by atoms with van der Waals surface area (Å²) in [5, 5.41) is 22.4. The lowest BCUT2D eigenvalue weighted by molar-refractivity contribution is -0.119. The predicted molar refractivity (Wildman–Crippen MR) is 190 cm³/mol. The van der Waals surface area contributed by atoms with Gasteiger partial charge in [-0.2, -0.15) is 0 Å². The maximum atomic E-state index is 11.4. The van der Waals surface area contributed by atoms with Gasteiger partial charge in [-0.15, -0.1) is 0 Å². The van der Waals surface area contributed by atoms with Gasteiger partial charge in [-0.05, 0) is 58.9 Å². The van der Waals surface area contributed by atoms with Gasteiger partial charge in [0.25, 0.3) is 0 Å². The van der Waals surface area contributed by atoms with Crippen LogP contribution < -0.4 is 26.0 Å². The number of nitrogens with one attached hydrogen (secondary N) is 5. The van der Waals surface area contributed by atoms with E-state index in [1.165, 1.54) is 6.21 Å². The zero-order chi connectivity index (χ0) is 33.2. The summed E-state index contributed by atoms with van der Waals surface area (Å²) >= 11 is 13.6. The lowest BCUT2D eigenvalue weighted by atomic mass is 9.95. The number of anilines is 1. The monoisotopic (exact) mass is 671 g/mol. The summed E-state index contributed by atoms with van der Waals surface area (Å²) < 4.78 is 5.57. The Morgan fingerprint density at radius 1 is 0.936 bits per heavy atom. The van der Waals surface area contributed by atoms with Crippen LogP contribution >= 0.6 is 23.2 Å². The molecule has 0 bridgehead atoms. The summed E-state index contributed by atoms with van der Waals surface area (Å²) in [6.07, 6.45) is 4.23. The first-order valence-corrected chi connectivity index (χ1v) is 16.4. The molecular formula is C37H39Cl2N5O3. The van der Waals surface area contributed by atoms with Crippen molar-refractivity contribution in [2.75, 3.05) is 25.5 Å². The first-order valence-electron chi connectivity index (χ1n) is 15.6. The number of rotatable bonds is 16. The van der Waals surface area contributed by atoms with Gasteiger partial charge in [-0.25, -0.2) is 0 Å². The van der Waals surface area contributed by atoms with Crippen molar-refractivity contribution in [1.82, 2.24) is 16.0 Å². The highest BCUT2D eigenvalue weighted by Crippen LogP contribution is 2.34. The van der Waals surface area contributed by atoms with E-state index in [0.717, 1.165) is 76.0 Å². The fourth-order valence-corrected chi connectivity index (χ4v) is 6.37. The number of carbonyl (C=O) groups excluding carboxylic acids is 2. The van der Waals surface area contributed by atoms with E-state index in [4.69, 9.17) is 33.3 Å². The van der Waals surface area contributed by atoms with Crippen molar-refractivity contribution in [3.8, 4) is 16.9 Å². The standard InChI is InChI=1S/C37H39Cl2N5O3/c1-47-35-18-28(33(38)17-29(35)21-41-14-15-45)22-43-34-7-3-4-26(32(34)19-40)16-27-5-2-6-31(37(27)39)25-10-8-24(9-11-25)20-42-23-30-12-13-36(46)44-30/h2-11,15,17-19,30,40-43H,12-14,16,20-23H2,1H3,(H,44,46). The molecular weight excluding hydrogens is 633 g/mol. The van der Waals surface area contributed by atoms with Crippen LogP contribution in [-0.4, -0.2) is 44.6 Å². The number of methoxy groups -OCH3 is 1. The minimum absolute atomic E-state index is 0.130. The maximum absolute atomic E-state index is 11.4. The molecule has 0 spiro atoms. The molecule has 1 unspecified atom stereocenters. The Balaban J connectivity index is 1.26. The van der Waals surface area contributed by atoms with Gasteiger partial charge in [0.05, 0.1) is 18.7 Å². The van der Waals surface area contributed by atoms with Crippen LogP contribution in [-0.2, 0) is 35.6 Å². The molecule has 1 fully saturated rings. The van der Waals surface area contributed by atoms with Crippen LogP contribution in [0.5, 0.6) is 5.75 Å². The Kier molecular flexibility index (Phi) is 12.0. The summed E-state index contributed by atoms with van der Waals surface area (Å²) in [6, 6.07) is 24.3. The maximum Gasteiger partial charge on any atom is 0.220 e. The molecule has 1 amide bonds. The molecule has 5 N–H and O–H groups in total. The van der Waals surface area contributed by atoms with Crippen LogP contribution in [0.2, 0.25) is 10.0 Å². The third-order valence-corrected chi connectivity index (χ3v) is 9.13. The van der Waals surface area contributed by atoms with Gasteiger partial charge >= 0.3 is 0 Å². The Labute approximate surface area is 285 Å². The van der Waals surface area contributed by atoms with Gasteiger partial charge in [-0.1, -0.05) is 77.8 Å². The van der Waals surface area contributed by atoms with Crippen LogP contribution in [0, 0.1) is 5.41 Å². The molecule has 1 aliphatic heterocycles. The van der Waals surface area contributed by atoms with E-state index in [0.29, 0.717) is 41.7 Å². The molecule has 0 aliphatic carbocycles. The Morgan fingerprint density at radius 3 is 2.45 bits per heavy atom. The molecule has 47 heavy (non-hydrogen) atoms. The summed E-state index contributed by atoms with van der Waals surface area (Å²) in [7, 11) is 1.61. The molecule has 1 saturated heterocycles. The lowest BCUT2D eigenvalue weighted by Crippen LogP contribution is -2.35. The van der Waals surface area contributed by atoms with Gasteiger partial charge in [-0.3, -0.25) is 4.79 Å². The molecule has 0 saturated carbocycles. The molecule has 244 valence electrons. The molecule has 5 rings (SSSR count). The first kappa shape index (κ1) is 34.1. The largest absolute Gasteiger partial charge is 0.496 e. The number of hydrogen-bond donors (Lipinski definition) is 5. The Morgan fingerprint density at radius 2 is 1.72 bits per heavy atom. The number of ether oxygens (including phenoxy) is 1. The van der Waals surface area contributed by atoms with Crippen molar-refractivity contribution in [2.24, 2.45) is 0 Å². The summed E-state index contributed by atoms with van der Waals surface area (Å²) in [5.41, 5.74) is 8.41. The highest BCUT2D eigenvalue weighted by Gasteiger charge is 2.20. The van der Waals surface area contributed by atoms with Gasteiger partial charge < -0.3 is 36.2 Å². The third kappa shape index (κ3) is 8.78. The van der Waals surface area contributed by atoms with Gasteiger partial charge in [0.15, 0.2) is 0 Å². The fourth-order valence-electron chi connectivity index (χ4n) is 5.82. The first-order chi connectivity index (χ1) is 22.9. The van der Waals surface area contributed by atoms with E-state index >= 15 is 0 Å². The van der Waals surface area contributed by atoms with Crippen molar-refractivity contribution in [2.45, 2.75) is 44.9 Å². The SMILES string of the molecule is COc1cc(CNc2cccc(Cc3cccc(-c4ccc(CNCC5CCC(=O)N5)cc4)c3Cl)c2C=N)c(Cl)cc1CNCC=O. The van der Waals surface area contributed by atoms with Crippen molar-refractivity contribution < 1.29 is 14.3 Å². The van der Waals surface area contributed by atoms with Crippen molar-refractivity contribution in [1.29, 1.82) is 5.41 Å². The van der Waals surface area contributed by atoms with E-state index in [1.54, 1.807) is 7.11 Å². The lowest BCUT2D eigenvalue weighted by Gasteiger charge is -2.17. The van der Waals surface area contributed by atoms with Crippen LogP contribution in [0.1, 0.15) is 46.2 Å². The molecule has 1 aliphatic rings. The van der Waals surface area contributed by atoms with Crippen LogP contribution in [0.4, 0.5) is 5.69 Å². The minimum Gasteiger partial charge on any atom is -0.496 e. The number of benzene rings is 4. The van der Waals surface area contributed by atoms with Crippen molar-refractivity contribution in [3.63, 3.8) is 0 Å². The summed E-state index contributed by atoms with van der Waals surface area (Å²) in [6.45, 7) is 2.62. The molecule has 10 heteroatoms. The minimum atomic E-state index is 0.130. The molecule has 0 aromatic heterocycles. The van der Waals surface area contributed by atoms with E-state index < -0.39 is 0 Å². The van der Waals surface area contributed by atoms with E-state index in [9.17, 15) is 9.59 Å². The smallest absolute Gasteiger partial charge is 0.220 e. The van der Waals surface area contributed by atoms with E-state index in [-0.39, 0.29) is 18.5 Å². The van der Waals surface area contributed by atoms with Crippen LogP contribution in [0.15, 0.2) is 72.8 Å².